The molecule has 0 fully saturated rings. The third-order valence-electron chi connectivity index (χ3n) is 2.93. The second-order valence-electron chi connectivity index (χ2n) is 4.64. The average Bonchev–Trinajstić information content (AvgIpc) is 2.84. The van der Waals surface area contributed by atoms with Crippen LogP contribution in [-0.2, 0) is 14.8 Å². The van der Waals surface area contributed by atoms with E-state index in [-0.39, 0.29) is 11.8 Å². The number of aromatic nitrogens is 1. The molecule has 6 nitrogen and oxygen atoms in total. The lowest BCUT2D eigenvalue weighted by atomic mass is 10.3. The molecule has 2 rings (SSSR count). The van der Waals surface area contributed by atoms with Gasteiger partial charge in [0.2, 0.25) is 0 Å². The molecule has 1 aromatic heterocycles. The number of anilines is 1. The van der Waals surface area contributed by atoms with E-state index >= 15 is 0 Å². The van der Waals surface area contributed by atoms with Gasteiger partial charge in [-0.3, -0.25) is 4.72 Å². The maximum atomic E-state index is 13.7. The monoisotopic (exact) mass is 366 g/mol. The highest BCUT2D eigenvalue weighted by Gasteiger charge is 2.31. The zero-order valence-electron chi connectivity index (χ0n) is 12.2. The number of hydrogen-bond donors (Lipinski definition) is 2. The number of benzene rings is 1. The van der Waals surface area contributed by atoms with Crippen molar-refractivity contribution in [2.24, 2.45) is 0 Å². The molecule has 0 spiro atoms. The smallest absolute Gasteiger partial charge is 0.356 e. The molecule has 0 bridgehead atoms. The lowest BCUT2D eigenvalue weighted by Crippen LogP contribution is -2.19. The summed E-state index contributed by atoms with van der Waals surface area (Å²) in [5.74, 6) is -8.91. The Bertz CT molecular complexity index is 898. The maximum Gasteiger partial charge on any atom is 0.356 e. The molecule has 1 aromatic carbocycles. The van der Waals surface area contributed by atoms with Crippen LogP contribution < -0.4 is 4.72 Å². The SMILES string of the molecule is COC(=O)c1[nH]c(C)cc1NS(=O)(=O)c1c(F)c(F)cc(F)c1F. The van der Waals surface area contributed by atoms with Crippen molar-refractivity contribution >= 4 is 21.7 Å². The predicted molar refractivity (Wildman–Crippen MR) is 74.0 cm³/mol. The van der Waals surface area contributed by atoms with Gasteiger partial charge in [-0.05, 0) is 13.0 Å². The van der Waals surface area contributed by atoms with Gasteiger partial charge < -0.3 is 9.72 Å². The minimum absolute atomic E-state index is 0.121. The van der Waals surface area contributed by atoms with Crippen LogP contribution in [0.2, 0.25) is 0 Å². The molecule has 2 N–H and O–H groups in total. The number of aromatic amines is 1. The van der Waals surface area contributed by atoms with Gasteiger partial charge in [0.15, 0.2) is 28.2 Å². The number of ether oxygens (including phenoxy) is 1. The van der Waals surface area contributed by atoms with Crippen molar-refractivity contribution in [1.82, 2.24) is 4.98 Å². The number of esters is 1. The number of nitrogens with one attached hydrogen (secondary N) is 2. The topological polar surface area (TPSA) is 88.3 Å². The third-order valence-corrected chi connectivity index (χ3v) is 4.31. The van der Waals surface area contributed by atoms with Crippen LogP contribution in [0.4, 0.5) is 23.2 Å². The Balaban J connectivity index is 2.58. The Kier molecular flexibility index (Phi) is 4.56. The summed E-state index contributed by atoms with van der Waals surface area (Å²) in [5, 5.41) is 0. The van der Waals surface area contributed by atoms with E-state index in [1.807, 2.05) is 0 Å². The summed E-state index contributed by atoms with van der Waals surface area (Å²) in [6.45, 7) is 1.47. The molecule has 0 unspecified atom stereocenters. The predicted octanol–water partition coefficient (Wildman–Crippen LogP) is 2.47. The molecule has 1 heterocycles. The van der Waals surface area contributed by atoms with Crippen molar-refractivity contribution in [1.29, 1.82) is 0 Å². The van der Waals surface area contributed by atoms with Crippen molar-refractivity contribution in [3.8, 4) is 0 Å². The van der Waals surface area contributed by atoms with E-state index in [0.717, 1.165) is 13.2 Å². The second-order valence-corrected chi connectivity index (χ2v) is 6.25. The summed E-state index contributed by atoms with van der Waals surface area (Å²) in [5.41, 5.74) is -0.432. The summed E-state index contributed by atoms with van der Waals surface area (Å²) < 4.78 is 84.1. The number of aryl methyl sites for hydroxylation is 1. The normalized spacial score (nSPS) is 11.4. The van der Waals surface area contributed by atoms with E-state index in [0.29, 0.717) is 5.69 Å². The van der Waals surface area contributed by atoms with Gasteiger partial charge in [-0.1, -0.05) is 0 Å². The Hall–Kier alpha value is -2.56. The molecular formula is C13H10F4N2O4S. The van der Waals surface area contributed by atoms with E-state index in [9.17, 15) is 30.8 Å². The molecular weight excluding hydrogens is 356 g/mol. The van der Waals surface area contributed by atoms with E-state index in [4.69, 9.17) is 0 Å². The molecule has 0 aliphatic rings. The van der Waals surface area contributed by atoms with Crippen LogP contribution in [-0.4, -0.2) is 26.5 Å². The zero-order valence-corrected chi connectivity index (χ0v) is 13.0. The summed E-state index contributed by atoms with van der Waals surface area (Å²) in [7, 11) is -4.05. The van der Waals surface area contributed by atoms with Crippen molar-refractivity contribution in [3.63, 3.8) is 0 Å². The van der Waals surface area contributed by atoms with Crippen LogP contribution in [0.15, 0.2) is 17.0 Å². The Morgan fingerprint density at radius 1 is 1.12 bits per heavy atom. The van der Waals surface area contributed by atoms with Gasteiger partial charge in [0.05, 0.1) is 12.8 Å². The molecule has 0 atom stereocenters. The van der Waals surface area contributed by atoms with Gasteiger partial charge in [0.1, 0.15) is 5.69 Å². The first kappa shape index (κ1) is 17.8. The Morgan fingerprint density at radius 2 is 1.67 bits per heavy atom. The fraction of sp³-hybridized carbons (Fsp3) is 0.154. The number of carbonyl (C=O) groups excluding carboxylic acids is 1. The van der Waals surface area contributed by atoms with Crippen molar-refractivity contribution in [2.75, 3.05) is 11.8 Å². The first-order chi connectivity index (χ1) is 11.1. The van der Waals surface area contributed by atoms with Crippen LogP contribution >= 0.6 is 0 Å². The van der Waals surface area contributed by atoms with Crippen LogP contribution in [0.1, 0.15) is 16.2 Å². The first-order valence-corrected chi connectivity index (χ1v) is 7.70. The van der Waals surface area contributed by atoms with E-state index in [2.05, 4.69) is 9.72 Å². The van der Waals surface area contributed by atoms with Crippen molar-refractivity contribution < 1.29 is 35.5 Å². The van der Waals surface area contributed by atoms with Crippen LogP contribution in [0.5, 0.6) is 0 Å². The quantitative estimate of drug-likeness (QED) is 0.494. The van der Waals surface area contributed by atoms with E-state index in [1.54, 1.807) is 4.72 Å². The Labute approximate surface area is 133 Å². The second kappa shape index (κ2) is 6.15. The lowest BCUT2D eigenvalue weighted by molar-refractivity contribution is 0.0596. The summed E-state index contributed by atoms with van der Waals surface area (Å²) in [6, 6.07) is 1.01. The largest absolute Gasteiger partial charge is 0.464 e. The van der Waals surface area contributed by atoms with Gasteiger partial charge in [-0.15, -0.1) is 0 Å². The summed E-state index contributed by atoms with van der Waals surface area (Å²) in [6.07, 6.45) is 0. The highest BCUT2D eigenvalue weighted by Crippen LogP contribution is 2.27. The third kappa shape index (κ3) is 3.07. The Morgan fingerprint density at radius 3 is 2.17 bits per heavy atom. The fourth-order valence-electron chi connectivity index (χ4n) is 1.92. The van der Waals surface area contributed by atoms with Gasteiger partial charge >= 0.3 is 5.97 Å². The van der Waals surface area contributed by atoms with Crippen LogP contribution in [0.25, 0.3) is 0 Å². The molecule has 0 aliphatic heterocycles. The molecule has 0 aliphatic carbocycles. The van der Waals surface area contributed by atoms with Crippen molar-refractivity contribution in [3.05, 3.63) is 46.8 Å². The minimum Gasteiger partial charge on any atom is -0.464 e. The number of halogens is 4. The molecule has 0 saturated carbocycles. The highest BCUT2D eigenvalue weighted by molar-refractivity contribution is 7.92. The van der Waals surface area contributed by atoms with E-state index < -0.39 is 49.8 Å². The van der Waals surface area contributed by atoms with Gasteiger partial charge in [0, 0.05) is 11.8 Å². The summed E-state index contributed by atoms with van der Waals surface area (Å²) >= 11 is 0. The van der Waals surface area contributed by atoms with Gasteiger partial charge in [-0.25, -0.2) is 30.8 Å². The maximum absolute atomic E-state index is 13.7. The number of hydrogen-bond acceptors (Lipinski definition) is 4. The molecule has 0 saturated heterocycles. The fourth-order valence-corrected chi connectivity index (χ4v) is 3.14. The molecule has 11 heteroatoms. The van der Waals surface area contributed by atoms with Crippen LogP contribution in [0, 0.1) is 30.2 Å². The number of carbonyl (C=O) groups is 1. The summed E-state index contributed by atoms with van der Waals surface area (Å²) in [4.78, 5) is 12.2. The number of sulfonamides is 1. The zero-order chi connectivity index (χ0) is 18.2. The standard InChI is InChI=1S/C13H10F4N2O4S/c1-5-3-8(11(18-5)13(20)23-2)19-24(21,22)12-9(16)6(14)4-7(15)10(12)17/h3-4,18-19H,1-2H3. The molecule has 2 aromatic rings. The number of rotatable bonds is 4. The molecule has 24 heavy (non-hydrogen) atoms. The average molecular weight is 366 g/mol. The molecule has 130 valence electrons. The first-order valence-electron chi connectivity index (χ1n) is 6.22. The number of methoxy groups -OCH3 is 1. The van der Waals surface area contributed by atoms with E-state index in [1.165, 1.54) is 6.92 Å². The van der Waals surface area contributed by atoms with Gasteiger partial charge in [-0.2, -0.15) is 0 Å². The highest BCUT2D eigenvalue weighted by atomic mass is 32.2. The van der Waals surface area contributed by atoms with Crippen molar-refractivity contribution in [2.45, 2.75) is 11.8 Å². The number of H-pyrrole nitrogens is 1. The van der Waals surface area contributed by atoms with Gasteiger partial charge in [0.25, 0.3) is 10.0 Å². The van der Waals surface area contributed by atoms with Crippen LogP contribution in [0.3, 0.4) is 0 Å². The molecule has 0 radical (unpaired) electrons. The lowest BCUT2D eigenvalue weighted by Gasteiger charge is -2.10. The minimum atomic E-state index is -5.08. The molecule has 0 amide bonds.